The lowest BCUT2D eigenvalue weighted by atomic mass is 9.96. The van der Waals surface area contributed by atoms with E-state index in [1.165, 1.54) is 18.3 Å². The highest BCUT2D eigenvalue weighted by Crippen LogP contribution is 2.44. The highest BCUT2D eigenvalue weighted by molar-refractivity contribution is 6.09. The van der Waals surface area contributed by atoms with Gasteiger partial charge < -0.3 is 20.1 Å². The smallest absolute Gasteiger partial charge is 0.318 e. The van der Waals surface area contributed by atoms with Gasteiger partial charge in [-0.05, 0) is 54.7 Å². The van der Waals surface area contributed by atoms with E-state index >= 15 is 8.78 Å². The van der Waals surface area contributed by atoms with Gasteiger partial charge in [0.2, 0.25) is 5.82 Å². The number of hydrogen-bond acceptors (Lipinski definition) is 8. The first-order chi connectivity index (χ1) is 18.2. The maximum absolute atomic E-state index is 15.2. The number of pyridine rings is 1. The van der Waals surface area contributed by atoms with Crippen LogP contribution in [0.1, 0.15) is 47.2 Å². The molecule has 0 bridgehead atoms. The summed E-state index contributed by atoms with van der Waals surface area (Å²) < 4.78 is 41.2. The van der Waals surface area contributed by atoms with E-state index in [9.17, 15) is 19.7 Å². The fraction of sp³-hybridized carbons (Fsp3) is 0.269. The maximum atomic E-state index is 15.2. The monoisotopic (exact) mass is 524 g/mol. The molecule has 0 spiro atoms. The van der Waals surface area contributed by atoms with Crippen LogP contribution in [-0.2, 0) is 16.1 Å². The summed E-state index contributed by atoms with van der Waals surface area (Å²) in [6.45, 7) is 0.569. The van der Waals surface area contributed by atoms with Crippen molar-refractivity contribution >= 4 is 29.1 Å². The van der Waals surface area contributed by atoms with E-state index in [0.717, 1.165) is 42.4 Å². The molecule has 12 heteroatoms. The first-order valence-electron chi connectivity index (χ1n) is 11.8. The minimum atomic E-state index is -0.839. The number of ether oxygens (including phenoxy) is 2. The summed E-state index contributed by atoms with van der Waals surface area (Å²) in [5.41, 5.74) is 5.50. The van der Waals surface area contributed by atoms with Crippen LogP contribution in [0.3, 0.4) is 0 Å². The van der Waals surface area contributed by atoms with Gasteiger partial charge in [-0.25, -0.2) is 13.8 Å². The number of nitrogens with zero attached hydrogens (tertiary/aromatic N) is 3. The molecule has 10 nitrogen and oxygen atoms in total. The number of rotatable bonds is 6. The normalized spacial score (nSPS) is 14.9. The van der Waals surface area contributed by atoms with E-state index in [2.05, 4.69) is 4.98 Å². The largest absolute Gasteiger partial charge is 0.491 e. The molecule has 0 atom stereocenters. The van der Waals surface area contributed by atoms with Gasteiger partial charge in [-0.1, -0.05) is 0 Å². The predicted octanol–water partition coefficient (Wildman–Crippen LogP) is 4.50. The Morgan fingerprint density at radius 3 is 2.71 bits per heavy atom. The Kier molecular flexibility index (Phi) is 6.39. The topological polar surface area (TPSA) is 138 Å². The first-order valence-corrected chi connectivity index (χ1v) is 11.8. The number of carbonyl (C=O) groups is 2. The fourth-order valence-corrected chi connectivity index (χ4v) is 4.60. The molecule has 196 valence electrons. The number of halogens is 2. The van der Waals surface area contributed by atoms with E-state index in [0.29, 0.717) is 0 Å². The van der Waals surface area contributed by atoms with E-state index in [-0.39, 0.29) is 52.8 Å². The highest BCUT2D eigenvalue weighted by Gasteiger charge is 2.34. The van der Waals surface area contributed by atoms with Crippen LogP contribution in [0.4, 0.5) is 26.0 Å². The van der Waals surface area contributed by atoms with Gasteiger partial charge in [0.1, 0.15) is 36.2 Å². The molecule has 1 aliphatic carbocycles. The Hall–Kier alpha value is -4.61. The summed E-state index contributed by atoms with van der Waals surface area (Å²) in [5, 5.41) is 11.8. The van der Waals surface area contributed by atoms with Gasteiger partial charge in [-0.15, -0.1) is 0 Å². The number of fused-ring (bicyclic) bond motifs is 1. The van der Waals surface area contributed by atoms with E-state index in [1.54, 1.807) is 6.07 Å². The van der Waals surface area contributed by atoms with Crippen LogP contribution in [0, 0.1) is 21.7 Å². The molecule has 1 amide bonds. The maximum Gasteiger partial charge on any atom is 0.318 e. The second kappa shape index (κ2) is 9.69. The van der Waals surface area contributed by atoms with Gasteiger partial charge in [0.05, 0.1) is 22.7 Å². The second-order valence-electron chi connectivity index (χ2n) is 9.04. The van der Waals surface area contributed by atoms with Crippen LogP contribution in [0.2, 0.25) is 0 Å². The second-order valence-corrected chi connectivity index (χ2v) is 9.04. The van der Waals surface area contributed by atoms with Gasteiger partial charge in [-0.2, -0.15) is 0 Å². The van der Waals surface area contributed by atoms with Crippen LogP contribution in [-0.4, -0.2) is 34.9 Å². The Labute approximate surface area is 215 Å². The van der Waals surface area contributed by atoms with Crippen LogP contribution in [0.15, 0.2) is 36.5 Å². The van der Waals surface area contributed by atoms with Gasteiger partial charge in [-0.3, -0.25) is 19.7 Å². The van der Waals surface area contributed by atoms with Gasteiger partial charge >= 0.3 is 11.7 Å². The van der Waals surface area contributed by atoms with Crippen molar-refractivity contribution < 1.29 is 32.8 Å². The van der Waals surface area contributed by atoms with E-state index in [1.807, 2.05) is 0 Å². The summed E-state index contributed by atoms with van der Waals surface area (Å²) in [4.78, 5) is 41.3. The number of hydrogen-bond donors (Lipinski definition) is 1. The molecule has 38 heavy (non-hydrogen) atoms. The van der Waals surface area contributed by atoms with E-state index < -0.39 is 46.5 Å². The third kappa shape index (κ3) is 4.60. The number of aromatic nitrogens is 1. The lowest BCUT2D eigenvalue weighted by Gasteiger charge is -2.25. The zero-order valence-corrected chi connectivity index (χ0v) is 20.2. The Morgan fingerprint density at radius 1 is 1.26 bits per heavy atom. The van der Waals surface area contributed by atoms with Crippen molar-refractivity contribution in [3.8, 4) is 16.9 Å². The number of amides is 1. The number of nitrogens with two attached hydrogens (primary N) is 1. The van der Waals surface area contributed by atoms with Crippen LogP contribution in [0.25, 0.3) is 11.1 Å². The summed E-state index contributed by atoms with van der Waals surface area (Å²) in [6.07, 6.45) is 3.07. The van der Waals surface area contributed by atoms with Crippen LogP contribution in [0.5, 0.6) is 5.75 Å². The van der Waals surface area contributed by atoms with Crippen molar-refractivity contribution in [1.82, 2.24) is 4.98 Å². The molecule has 2 aliphatic rings. The number of nitro groups is 1. The molecule has 3 aromatic rings. The molecule has 1 aromatic heterocycles. The van der Waals surface area contributed by atoms with Crippen molar-refractivity contribution in [2.75, 3.05) is 23.8 Å². The summed E-state index contributed by atoms with van der Waals surface area (Å²) in [5.74, 6) is -3.16. The standard InChI is InChI=1S/C26H22F2N4O6/c1-13(33)38-12-19-18(17-4-5-30-25(29)24(17)32(35)36)10-16(27)11-21(19)31-6-7-37-22-9-15(14-2-3-14)8-20(28)23(22)26(31)34/h4-5,8-11,14H,2-3,6-7,12H2,1H3,(H2,29,30). The van der Waals surface area contributed by atoms with Crippen molar-refractivity contribution in [2.24, 2.45) is 0 Å². The van der Waals surface area contributed by atoms with Crippen LogP contribution < -0.4 is 15.4 Å². The molecule has 0 radical (unpaired) electrons. The minimum Gasteiger partial charge on any atom is -0.491 e. The molecule has 1 saturated carbocycles. The molecule has 1 aliphatic heterocycles. The number of esters is 1. The SMILES string of the molecule is CC(=O)OCc1c(-c2ccnc(N)c2[N+](=O)[O-])cc(F)cc1N1CCOc2cc(C3CC3)cc(F)c2C1=O. The van der Waals surface area contributed by atoms with Crippen molar-refractivity contribution in [2.45, 2.75) is 32.3 Å². The molecule has 0 unspecified atom stereocenters. The Balaban J connectivity index is 1.69. The molecule has 0 saturated heterocycles. The van der Waals surface area contributed by atoms with Crippen molar-refractivity contribution in [3.05, 3.63) is 75.0 Å². The van der Waals surface area contributed by atoms with Gasteiger partial charge in [0.25, 0.3) is 5.91 Å². The number of anilines is 2. The molecule has 1 fully saturated rings. The number of nitrogen functional groups attached to an aromatic ring is 1. The molecule has 2 heterocycles. The molecule has 2 N–H and O–H groups in total. The average Bonchev–Trinajstić information content (AvgIpc) is 3.70. The van der Waals surface area contributed by atoms with E-state index in [4.69, 9.17) is 15.2 Å². The zero-order chi connectivity index (χ0) is 27.1. The predicted molar refractivity (Wildman–Crippen MR) is 132 cm³/mol. The Bertz CT molecular complexity index is 1490. The molecular formula is C26H22F2N4O6. The number of carbonyl (C=O) groups excluding carboxylic acids is 2. The lowest BCUT2D eigenvalue weighted by Crippen LogP contribution is -2.34. The van der Waals surface area contributed by atoms with Gasteiger partial charge in [0, 0.05) is 24.2 Å². The van der Waals surface area contributed by atoms with Crippen molar-refractivity contribution in [3.63, 3.8) is 0 Å². The highest BCUT2D eigenvalue weighted by atomic mass is 19.1. The van der Waals surface area contributed by atoms with Crippen molar-refractivity contribution in [1.29, 1.82) is 0 Å². The third-order valence-electron chi connectivity index (χ3n) is 6.48. The van der Waals surface area contributed by atoms with Crippen LogP contribution >= 0.6 is 0 Å². The molecule has 2 aromatic carbocycles. The average molecular weight is 524 g/mol. The lowest BCUT2D eigenvalue weighted by molar-refractivity contribution is -0.383. The summed E-state index contributed by atoms with van der Waals surface area (Å²) in [6, 6.07) is 6.27. The first kappa shape index (κ1) is 25.1. The molecule has 5 rings (SSSR count). The quantitative estimate of drug-likeness (QED) is 0.283. The minimum absolute atomic E-state index is 0.0342. The summed E-state index contributed by atoms with van der Waals surface area (Å²) >= 11 is 0. The fourth-order valence-electron chi connectivity index (χ4n) is 4.60. The third-order valence-corrected chi connectivity index (χ3v) is 6.48. The van der Waals surface area contributed by atoms with Gasteiger partial charge in [0.15, 0.2) is 0 Å². The Morgan fingerprint density at radius 2 is 2.03 bits per heavy atom. The number of benzene rings is 2. The summed E-state index contributed by atoms with van der Waals surface area (Å²) in [7, 11) is 0. The molecular weight excluding hydrogens is 502 g/mol. The zero-order valence-electron chi connectivity index (χ0n) is 20.2.